The van der Waals surface area contributed by atoms with Gasteiger partial charge in [-0.25, -0.2) is 0 Å². The van der Waals surface area contributed by atoms with E-state index in [2.05, 4.69) is 17.3 Å². The molecular formula is C6H11N3. The molecule has 0 saturated carbocycles. The van der Waals surface area contributed by atoms with Gasteiger partial charge in [0.1, 0.15) is 0 Å². The lowest BCUT2D eigenvalue weighted by molar-refractivity contribution is 0.136. The highest BCUT2D eigenvalue weighted by molar-refractivity contribution is 4.81. The molecule has 1 rings (SSSR count). The second kappa shape index (κ2) is 2.70. The second-order valence-corrected chi connectivity index (χ2v) is 2.58. The summed E-state index contributed by atoms with van der Waals surface area (Å²) >= 11 is 0. The number of nitrogens with zero attached hydrogens (tertiary/aromatic N) is 2. The quantitative estimate of drug-likeness (QED) is 0.404. The number of hydrogen-bond acceptors (Lipinski definition) is 3. The third-order valence-electron chi connectivity index (χ3n) is 1.61. The molecule has 1 fully saturated rings. The first-order chi connectivity index (χ1) is 4.33. The molecule has 0 aromatic heterocycles. The highest BCUT2D eigenvalue weighted by Gasteiger charge is 2.21. The van der Waals surface area contributed by atoms with Gasteiger partial charge in [0.2, 0.25) is 0 Å². The Balaban J connectivity index is 1.99. The first-order valence-electron chi connectivity index (χ1n) is 3.13. The van der Waals surface area contributed by atoms with Crippen molar-refractivity contribution in [2.75, 3.05) is 26.7 Å². The van der Waals surface area contributed by atoms with Crippen LogP contribution in [0.3, 0.4) is 0 Å². The number of likely N-dealkylation sites (tertiary alicyclic amines) is 1. The number of rotatable bonds is 2. The van der Waals surface area contributed by atoms with Gasteiger partial charge in [0.25, 0.3) is 0 Å². The summed E-state index contributed by atoms with van der Waals surface area (Å²) in [7, 11) is 2.09. The molecule has 0 aromatic rings. The Bertz CT molecular complexity index is 121. The minimum atomic E-state index is 0.703. The molecule has 0 aromatic carbocycles. The van der Waals surface area contributed by atoms with Crippen molar-refractivity contribution < 1.29 is 0 Å². The molecule has 9 heavy (non-hydrogen) atoms. The molecule has 1 aliphatic heterocycles. The molecule has 0 atom stereocenters. The Morgan fingerprint density at radius 1 is 1.78 bits per heavy atom. The van der Waals surface area contributed by atoms with Crippen molar-refractivity contribution in [1.29, 1.82) is 5.26 Å². The van der Waals surface area contributed by atoms with Crippen LogP contribution in [0.2, 0.25) is 0 Å². The molecule has 0 unspecified atom stereocenters. The summed E-state index contributed by atoms with van der Waals surface area (Å²) in [4.78, 5) is 2.24. The van der Waals surface area contributed by atoms with Gasteiger partial charge < -0.3 is 10.2 Å². The van der Waals surface area contributed by atoms with E-state index in [4.69, 9.17) is 5.26 Å². The van der Waals surface area contributed by atoms with E-state index in [0.29, 0.717) is 5.92 Å². The first-order valence-corrected chi connectivity index (χ1v) is 3.13. The van der Waals surface area contributed by atoms with Crippen LogP contribution in [0.4, 0.5) is 0 Å². The van der Waals surface area contributed by atoms with E-state index in [1.54, 1.807) is 0 Å². The van der Waals surface area contributed by atoms with E-state index < -0.39 is 0 Å². The molecule has 0 aliphatic carbocycles. The largest absolute Gasteiger partial charge is 0.323 e. The van der Waals surface area contributed by atoms with E-state index >= 15 is 0 Å². The Kier molecular flexibility index (Phi) is 1.91. The fraction of sp³-hybridized carbons (Fsp3) is 0.833. The average molecular weight is 125 g/mol. The molecule has 1 aliphatic rings. The maximum Gasteiger partial charge on any atom is 0.176 e. The van der Waals surface area contributed by atoms with Gasteiger partial charge in [0, 0.05) is 25.6 Å². The van der Waals surface area contributed by atoms with E-state index in [-0.39, 0.29) is 0 Å². The predicted molar refractivity (Wildman–Crippen MR) is 34.6 cm³/mol. The summed E-state index contributed by atoms with van der Waals surface area (Å²) in [5.74, 6) is 0.703. The highest BCUT2D eigenvalue weighted by Crippen LogP contribution is 2.10. The van der Waals surface area contributed by atoms with Crippen molar-refractivity contribution in [1.82, 2.24) is 10.2 Å². The molecule has 3 heteroatoms. The van der Waals surface area contributed by atoms with Crippen molar-refractivity contribution >= 4 is 0 Å². The lowest BCUT2D eigenvalue weighted by atomic mass is 10.0. The Morgan fingerprint density at radius 3 is 2.89 bits per heavy atom. The zero-order valence-electron chi connectivity index (χ0n) is 5.59. The fourth-order valence-corrected chi connectivity index (χ4v) is 1.15. The van der Waals surface area contributed by atoms with Crippen LogP contribution in [0, 0.1) is 17.4 Å². The zero-order valence-corrected chi connectivity index (χ0v) is 5.59. The third kappa shape index (κ3) is 1.58. The van der Waals surface area contributed by atoms with Gasteiger partial charge in [-0.05, 0) is 7.05 Å². The fourth-order valence-electron chi connectivity index (χ4n) is 1.15. The summed E-state index contributed by atoms with van der Waals surface area (Å²) in [5.41, 5.74) is 0. The van der Waals surface area contributed by atoms with Gasteiger partial charge in [-0.15, -0.1) is 0 Å². The molecule has 0 amide bonds. The number of hydrogen-bond donors (Lipinski definition) is 1. The summed E-state index contributed by atoms with van der Waals surface area (Å²) in [6, 6.07) is 0. The molecule has 3 nitrogen and oxygen atoms in total. The smallest absolute Gasteiger partial charge is 0.176 e. The summed E-state index contributed by atoms with van der Waals surface area (Å²) < 4.78 is 0. The minimum absolute atomic E-state index is 0.703. The summed E-state index contributed by atoms with van der Waals surface area (Å²) in [6.07, 6.45) is 1.91. The summed E-state index contributed by atoms with van der Waals surface area (Å²) in [5, 5.41) is 10.8. The lowest BCUT2D eigenvalue weighted by Crippen LogP contribution is -2.47. The topological polar surface area (TPSA) is 39.1 Å². The Hall–Kier alpha value is -0.750. The Morgan fingerprint density at radius 2 is 2.44 bits per heavy atom. The average Bonchev–Trinajstić information content (AvgIpc) is 1.78. The molecule has 1 heterocycles. The monoisotopic (exact) mass is 125 g/mol. The molecule has 1 saturated heterocycles. The zero-order chi connectivity index (χ0) is 6.69. The van der Waals surface area contributed by atoms with E-state index in [9.17, 15) is 0 Å². The van der Waals surface area contributed by atoms with Gasteiger partial charge in [-0.2, -0.15) is 5.26 Å². The van der Waals surface area contributed by atoms with Crippen molar-refractivity contribution in [2.45, 2.75) is 0 Å². The maximum atomic E-state index is 8.13. The van der Waals surface area contributed by atoms with Crippen LogP contribution >= 0.6 is 0 Å². The molecule has 0 radical (unpaired) electrons. The standard InChI is InChI=1S/C6H11N3/c1-9-3-6(4-9)2-8-5-7/h6,8H,2-4H2,1H3. The molecule has 50 valence electrons. The van der Waals surface area contributed by atoms with Gasteiger partial charge in [0.15, 0.2) is 6.19 Å². The Labute approximate surface area is 55.3 Å². The van der Waals surface area contributed by atoms with Crippen LogP contribution in [0.25, 0.3) is 0 Å². The number of nitrogens with one attached hydrogen (secondary N) is 1. The van der Waals surface area contributed by atoms with Crippen LogP contribution in [0.15, 0.2) is 0 Å². The maximum absolute atomic E-state index is 8.13. The highest BCUT2D eigenvalue weighted by atomic mass is 15.2. The van der Waals surface area contributed by atoms with Gasteiger partial charge >= 0.3 is 0 Å². The van der Waals surface area contributed by atoms with E-state index in [1.807, 2.05) is 6.19 Å². The normalized spacial score (nSPS) is 20.4. The van der Waals surface area contributed by atoms with Crippen LogP contribution in [-0.4, -0.2) is 31.6 Å². The van der Waals surface area contributed by atoms with Crippen molar-refractivity contribution in [3.63, 3.8) is 0 Å². The minimum Gasteiger partial charge on any atom is -0.323 e. The van der Waals surface area contributed by atoms with Crippen LogP contribution in [0.5, 0.6) is 0 Å². The van der Waals surface area contributed by atoms with Gasteiger partial charge in [0.05, 0.1) is 0 Å². The van der Waals surface area contributed by atoms with Gasteiger partial charge in [-0.1, -0.05) is 0 Å². The summed E-state index contributed by atoms with van der Waals surface area (Å²) in [6.45, 7) is 3.12. The molecular weight excluding hydrogens is 114 g/mol. The second-order valence-electron chi connectivity index (χ2n) is 2.58. The van der Waals surface area contributed by atoms with Crippen molar-refractivity contribution in [3.05, 3.63) is 0 Å². The molecule has 0 spiro atoms. The van der Waals surface area contributed by atoms with Crippen LogP contribution < -0.4 is 5.32 Å². The van der Waals surface area contributed by atoms with E-state index in [1.165, 1.54) is 0 Å². The molecule has 1 N–H and O–H groups in total. The van der Waals surface area contributed by atoms with Crippen molar-refractivity contribution in [3.8, 4) is 6.19 Å². The van der Waals surface area contributed by atoms with E-state index in [0.717, 1.165) is 19.6 Å². The van der Waals surface area contributed by atoms with Gasteiger partial charge in [-0.3, -0.25) is 0 Å². The molecule has 0 bridgehead atoms. The SMILES string of the molecule is CN1CC(CNC#N)C1. The lowest BCUT2D eigenvalue weighted by Gasteiger charge is -2.35. The number of nitriles is 1. The predicted octanol–water partition coefficient (Wildman–Crippen LogP) is -0.381. The first kappa shape index (κ1) is 6.37. The van der Waals surface area contributed by atoms with Crippen molar-refractivity contribution in [2.24, 2.45) is 5.92 Å². The third-order valence-corrected chi connectivity index (χ3v) is 1.61. The van der Waals surface area contributed by atoms with Crippen LogP contribution in [-0.2, 0) is 0 Å². The van der Waals surface area contributed by atoms with Crippen LogP contribution in [0.1, 0.15) is 0 Å².